The molecule has 2 heterocycles. The molecule has 0 spiro atoms. The Bertz CT molecular complexity index is 697. The number of carbonyl (C=O) groups is 1. The van der Waals surface area contributed by atoms with Crippen LogP contribution in [0.15, 0.2) is 24.3 Å². The van der Waals surface area contributed by atoms with Gasteiger partial charge in [-0.05, 0) is 44.0 Å². The predicted molar refractivity (Wildman–Crippen MR) is 88.4 cm³/mol. The van der Waals surface area contributed by atoms with Crippen LogP contribution in [0, 0.1) is 5.92 Å². The number of benzene rings is 1. The van der Waals surface area contributed by atoms with Crippen molar-refractivity contribution in [2.45, 2.75) is 46.8 Å². The number of fused-ring (bicyclic) bond motifs is 3. The van der Waals surface area contributed by atoms with E-state index in [1.807, 2.05) is 19.9 Å². The quantitative estimate of drug-likeness (QED) is 0.776. The Hall–Kier alpha value is -2.11. The lowest BCUT2D eigenvalue weighted by Gasteiger charge is -2.23. The average Bonchev–Trinajstić information content (AvgIpc) is 2.93. The standard InChI is InChI=1S/C16H17F2NO3.C2H6/c1-2-21-15(20)10-3-4-12-7-11-8-13(22-16(17)18)5-6-14(11)19(12)9-10;1-2/h5-8,10,16H,2-4,9H2,1H3;1-2H3. The van der Waals surface area contributed by atoms with E-state index in [0.29, 0.717) is 13.2 Å². The van der Waals surface area contributed by atoms with E-state index in [9.17, 15) is 13.6 Å². The molecule has 1 atom stereocenters. The van der Waals surface area contributed by atoms with Crippen molar-refractivity contribution in [2.75, 3.05) is 6.61 Å². The zero-order valence-electron chi connectivity index (χ0n) is 14.2. The second kappa shape index (κ2) is 8.13. The molecule has 0 aliphatic carbocycles. The zero-order valence-corrected chi connectivity index (χ0v) is 14.2. The summed E-state index contributed by atoms with van der Waals surface area (Å²) < 4.78 is 36.1. The maximum Gasteiger partial charge on any atom is 0.387 e. The molecule has 2 aromatic rings. The summed E-state index contributed by atoms with van der Waals surface area (Å²) in [6.07, 6.45) is 1.51. The van der Waals surface area contributed by atoms with Gasteiger partial charge in [0.1, 0.15) is 5.75 Å². The van der Waals surface area contributed by atoms with Gasteiger partial charge < -0.3 is 14.0 Å². The van der Waals surface area contributed by atoms with E-state index < -0.39 is 6.61 Å². The van der Waals surface area contributed by atoms with E-state index in [4.69, 9.17) is 4.74 Å². The molecule has 4 nitrogen and oxygen atoms in total. The van der Waals surface area contributed by atoms with E-state index in [-0.39, 0.29) is 17.6 Å². The smallest absolute Gasteiger partial charge is 0.387 e. The Kier molecular flexibility index (Phi) is 6.17. The maximum absolute atomic E-state index is 12.3. The molecule has 0 radical (unpaired) electrons. The first-order valence-electron chi connectivity index (χ1n) is 8.32. The van der Waals surface area contributed by atoms with Gasteiger partial charge >= 0.3 is 12.6 Å². The van der Waals surface area contributed by atoms with Gasteiger partial charge in [-0.25, -0.2) is 0 Å². The highest BCUT2D eigenvalue weighted by Crippen LogP contribution is 2.31. The first-order chi connectivity index (χ1) is 11.6. The van der Waals surface area contributed by atoms with Gasteiger partial charge in [0.2, 0.25) is 0 Å². The van der Waals surface area contributed by atoms with Crippen molar-refractivity contribution in [1.29, 1.82) is 0 Å². The molecule has 24 heavy (non-hydrogen) atoms. The summed E-state index contributed by atoms with van der Waals surface area (Å²) in [5.74, 6) is -0.180. The molecule has 1 aliphatic heterocycles. The van der Waals surface area contributed by atoms with E-state index in [1.165, 1.54) is 6.07 Å². The van der Waals surface area contributed by atoms with Crippen LogP contribution in [-0.4, -0.2) is 23.8 Å². The van der Waals surface area contributed by atoms with Crippen LogP contribution >= 0.6 is 0 Å². The molecule has 0 saturated carbocycles. The van der Waals surface area contributed by atoms with Crippen molar-refractivity contribution < 1.29 is 23.0 Å². The van der Waals surface area contributed by atoms with Gasteiger partial charge in [0.15, 0.2) is 0 Å². The summed E-state index contributed by atoms with van der Waals surface area (Å²) in [6, 6.07) is 6.85. The molecular weight excluding hydrogens is 316 g/mol. The number of hydrogen-bond acceptors (Lipinski definition) is 3. The summed E-state index contributed by atoms with van der Waals surface area (Å²) in [5, 5.41) is 0.845. The number of hydrogen-bond donors (Lipinski definition) is 0. The highest BCUT2D eigenvalue weighted by molar-refractivity contribution is 5.83. The van der Waals surface area contributed by atoms with Crippen LogP contribution in [-0.2, 0) is 22.5 Å². The molecule has 1 aliphatic rings. The van der Waals surface area contributed by atoms with Crippen LogP contribution in [0.3, 0.4) is 0 Å². The van der Waals surface area contributed by atoms with Gasteiger partial charge in [-0.2, -0.15) is 8.78 Å². The van der Waals surface area contributed by atoms with Crippen molar-refractivity contribution >= 4 is 16.9 Å². The molecule has 0 bridgehead atoms. The highest BCUT2D eigenvalue weighted by Gasteiger charge is 2.27. The molecule has 132 valence electrons. The van der Waals surface area contributed by atoms with Gasteiger partial charge in [0, 0.05) is 23.1 Å². The number of aromatic nitrogens is 1. The fourth-order valence-corrected chi connectivity index (χ4v) is 2.99. The fraction of sp³-hybridized carbons (Fsp3) is 0.500. The van der Waals surface area contributed by atoms with Crippen LogP contribution in [0.5, 0.6) is 5.75 Å². The van der Waals surface area contributed by atoms with Crippen LogP contribution < -0.4 is 4.74 Å². The predicted octanol–water partition coefficient (Wildman–Crippen LogP) is 4.39. The summed E-state index contributed by atoms with van der Waals surface area (Å²) >= 11 is 0. The summed E-state index contributed by atoms with van der Waals surface area (Å²) in [6.45, 7) is 3.90. The Labute approximate surface area is 140 Å². The number of nitrogens with zero attached hydrogens (tertiary/aromatic N) is 1. The molecule has 6 heteroatoms. The normalized spacial score (nSPS) is 16.3. The molecule has 3 rings (SSSR count). The summed E-state index contributed by atoms with van der Waals surface area (Å²) in [4.78, 5) is 11.9. The topological polar surface area (TPSA) is 40.5 Å². The fourth-order valence-electron chi connectivity index (χ4n) is 2.99. The monoisotopic (exact) mass is 339 g/mol. The van der Waals surface area contributed by atoms with Crippen molar-refractivity contribution in [2.24, 2.45) is 5.92 Å². The second-order valence-corrected chi connectivity index (χ2v) is 5.33. The molecular formula is C18H23F2NO3. The molecule has 1 aromatic heterocycles. The number of alkyl halides is 2. The SMILES string of the molecule is CC.CCOC(=O)C1CCc2cc3cc(OC(F)F)ccc3n2C1. The van der Waals surface area contributed by atoms with Gasteiger partial charge in [0.25, 0.3) is 0 Å². The van der Waals surface area contributed by atoms with Crippen molar-refractivity contribution in [1.82, 2.24) is 4.57 Å². The largest absolute Gasteiger partial charge is 0.466 e. The first kappa shape index (κ1) is 18.2. The second-order valence-electron chi connectivity index (χ2n) is 5.33. The Morgan fingerprint density at radius 2 is 2.08 bits per heavy atom. The average molecular weight is 339 g/mol. The lowest BCUT2D eigenvalue weighted by atomic mass is 9.98. The van der Waals surface area contributed by atoms with E-state index >= 15 is 0 Å². The molecule has 0 N–H and O–H groups in total. The third kappa shape index (κ3) is 3.86. The van der Waals surface area contributed by atoms with Gasteiger partial charge in [-0.1, -0.05) is 13.8 Å². The van der Waals surface area contributed by atoms with Gasteiger partial charge in [-0.3, -0.25) is 4.79 Å². The lowest BCUT2D eigenvalue weighted by molar-refractivity contribution is -0.149. The number of halogens is 2. The lowest BCUT2D eigenvalue weighted by Crippen LogP contribution is -2.28. The van der Waals surface area contributed by atoms with E-state index in [1.54, 1.807) is 19.1 Å². The Balaban J connectivity index is 0.00000100. The minimum Gasteiger partial charge on any atom is -0.466 e. The third-order valence-electron chi connectivity index (χ3n) is 3.96. The first-order valence-corrected chi connectivity index (χ1v) is 8.32. The molecule has 1 unspecified atom stereocenters. The van der Waals surface area contributed by atoms with Crippen LogP contribution in [0.2, 0.25) is 0 Å². The van der Waals surface area contributed by atoms with Crippen LogP contribution in [0.4, 0.5) is 8.78 Å². The maximum atomic E-state index is 12.3. The number of ether oxygens (including phenoxy) is 2. The van der Waals surface area contributed by atoms with Crippen molar-refractivity contribution in [3.8, 4) is 5.75 Å². The van der Waals surface area contributed by atoms with E-state index in [2.05, 4.69) is 9.30 Å². The Morgan fingerprint density at radius 3 is 2.75 bits per heavy atom. The summed E-state index contributed by atoms with van der Waals surface area (Å²) in [7, 11) is 0. The zero-order chi connectivity index (χ0) is 17.7. The van der Waals surface area contributed by atoms with Crippen molar-refractivity contribution in [3.63, 3.8) is 0 Å². The number of esters is 1. The number of rotatable bonds is 4. The van der Waals surface area contributed by atoms with Gasteiger partial charge in [0.05, 0.1) is 12.5 Å². The van der Waals surface area contributed by atoms with Crippen LogP contribution in [0.25, 0.3) is 10.9 Å². The van der Waals surface area contributed by atoms with E-state index in [0.717, 1.165) is 29.4 Å². The summed E-state index contributed by atoms with van der Waals surface area (Å²) in [5.41, 5.74) is 2.02. The molecule has 1 aromatic carbocycles. The van der Waals surface area contributed by atoms with Crippen LogP contribution in [0.1, 0.15) is 32.9 Å². The minimum absolute atomic E-state index is 0.146. The molecule has 0 saturated heterocycles. The molecule has 0 amide bonds. The van der Waals surface area contributed by atoms with Gasteiger partial charge in [-0.15, -0.1) is 0 Å². The Morgan fingerprint density at radius 1 is 1.33 bits per heavy atom. The number of carbonyl (C=O) groups excluding carboxylic acids is 1. The highest BCUT2D eigenvalue weighted by atomic mass is 19.3. The third-order valence-corrected chi connectivity index (χ3v) is 3.96. The molecule has 0 fully saturated rings. The number of aryl methyl sites for hydroxylation is 1. The minimum atomic E-state index is -2.83. The van der Waals surface area contributed by atoms with Crippen molar-refractivity contribution in [3.05, 3.63) is 30.0 Å².